The predicted molar refractivity (Wildman–Crippen MR) is 64.1 cm³/mol. The summed E-state index contributed by atoms with van der Waals surface area (Å²) in [5.74, 6) is -0.989. The van der Waals surface area contributed by atoms with Crippen LogP contribution in [0.5, 0.6) is 0 Å². The van der Waals surface area contributed by atoms with Gasteiger partial charge in [-0.15, -0.1) is 0 Å². The number of hydrogen-bond acceptors (Lipinski definition) is 2. The third-order valence-corrected chi connectivity index (χ3v) is 2.70. The summed E-state index contributed by atoms with van der Waals surface area (Å²) in [6.07, 6.45) is 0. The second-order valence-electron chi connectivity index (χ2n) is 4.11. The Labute approximate surface area is 102 Å². The lowest BCUT2D eigenvalue weighted by Gasteiger charge is -1.97. The lowest BCUT2D eigenvalue weighted by molar-refractivity contribution is 0.580. The van der Waals surface area contributed by atoms with E-state index in [1.165, 1.54) is 0 Å². The van der Waals surface area contributed by atoms with Crippen LogP contribution in [0.15, 0.2) is 40.8 Å². The molecule has 0 N–H and O–H groups in total. The minimum absolute atomic E-state index is 0.0313. The van der Waals surface area contributed by atoms with Crippen molar-refractivity contribution in [3.05, 3.63) is 53.6 Å². The van der Waals surface area contributed by atoms with Crippen molar-refractivity contribution in [3.8, 4) is 11.5 Å². The first kappa shape index (κ1) is 10.9. The van der Waals surface area contributed by atoms with Gasteiger partial charge in [-0.1, -0.05) is 6.07 Å². The van der Waals surface area contributed by atoms with Crippen molar-refractivity contribution >= 4 is 11.1 Å². The number of benzene rings is 2. The highest BCUT2D eigenvalue weighted by Crippen LogP contribution is 2.27. The van der Waals surface area contributed by atoms with Crippen molar-refractivity contribution in [2.45, 2.75) is 6.92 Å². The van der Waals surface area contributed by atoms with Gasteiger partial charge in [0.2, 0.25) is 5.89 Å². The van der Waals surface area contributed by atoms with Gasteiger partial charge in [-0.3, -0.25) is 0 Å². The number of nitrogens with zero attached hydrogens (tertiary/aromatic N) is 1. The fourth-order valence-corrected chi connectivity index (χ4v) is 1.81. The van der Waals surface area contributed by atoms with Crippen molar-refractivity contribution < 1.29 is 13.2 Å². The molecule has 1 aromatic heterocycles. The topological polar surface area (TPSA) is 26.0 Å². The van der Waals surface area contributed by atoms with Gasteiger partial charge in [-0.05, 0) is 42.8 Å². The Bertz CT molecular complexity index is 734. The molecule has 18 heavy (non-hydrogen) atoms. The van der Waals surface area contributed by atoms with Crippen LogP contribution >= 0.6 is 0 Å². The third kappa shape index (κ3) is 1.76. The zero-order valence-electron chi connectivity index (χ0n) is 9.58. The fourth-order valence-electron chi connectivity index (χ4n) is 1.81. The van der Waals surface area contributed by atoms with Gasteiger partial charge in [0, 0.05) is 0 Å². The number of aryl methyl sites for hydroxylation is 1. The first-order valence-electron chi connectivity index (χ1n) is 5.46. The molecule has 0 aliphatic carbocycles. The molecule has 0 radical (unpaired) electrons. The Morgan fingerprint density at radius 1 is 1.06 bits per heavy atom. The molecule has 1 heterocycles. The molecule has 0 aliphatic rings. The predicted octanol–water partition coefficient (Wildman–Crippen LogP) is 4.08. The monoisotopic (exact) mass is 245 g/mol. The van der Waals surface area contributed by atoms with E-state index in [1.54, 1.807) is 6.07 Å². The summed E-state index contributed by atoms with van der Waals surface area (Å²) in [7, 11) is 0. The molecular weight excluding hydrogens is 236 g/mol. The summed E-state index contributed by atoms with van der Waals surface area (Å²) >= 11 is 0. The molecule has 2 nitrogen and oxygen atoms in total. The van der Waals surface area contributed by atoms with Crippen molar-refractivity contribution in [2.75, 3.05) is 0 Å². The first-order chi connectivity index (χ1) is 8.63. The van der Waals surface area contributed by atoms with Crippen LogP contribution in [-0.4, -0.2) is 4.98 Å². The van der Waals surface area contributed by atoms with Crippen LogP contribution in [0.4, 0.5) is 8.78 Å². The molecule has 90 valence electrons. The number of halogens is 2. The van der Waals surface area contributed by atoms with Crippen molar-refractivity contribution in [1.82, 2.24) is 4.98 Å². The summed E-state index contributed by atoms with van der Waals surface area (Å²) in [6, 6.07) is 8.67. The number of oxazole rings is 1. The van der Waals surface area contributed by atoms with E-state index in [2.05, 4.69) is 4.98 Å². The number of aromatic nitrogens is 1. The minimum Gasteiger partial charge on any atom is -0.436 e. The van der Waals surface area contributed by atoms with Crippen molar-refractivity contribution in [1.29, 1.82) is 0 Å². The van der Waals surface area contributed by atoms with Gasteiger partial charge in [0.15, 0.2) is 5.58 Å². The molecule has 0 amide bonds. The SMILES string of the molecule is Cc1ccc2oc(-c3cc(F)ccc3F)nc2c1. The number of fused-ring (bicyclic) bond motifs is 1. The van der Waals surface area contributed by atoms with Crippen LogP contribution in [0.2, 0.25) is 0 Å². The highest BCUT2D eigenvalue weighted by Gasteiger charge is 2.13. The van der Waals surface area contributed by atoms with Gasteiger partial charge in [0.1, 0.15) is 17.2 Å². The minimum atomic E-state index is -0.556. The van der Waals surface area contributed by atoms with E-state index >= 15 is 0 Å². The molecule has 0 unspecified atom stereocenters. The summed E-state index contributed by atoms with van der Waals surface area (Å²) in [5.41, 5.74) is 2.25. The van der Waals surface area contributed by atoms with E-state index in [9.17, 15) is 8.78 Å². The first-order valence-corrected chi connectivity index (χ1v) is 5.46. The largest absolute Gasteiger partial charge is 0.436 e. The molecule has 0 saturated carbocycles. The summed E-state index contributed by atoms with van der Waals surface area (Å²) in [5, 5.41) is 0. The molecular formula is C14H9F2NO. The van der Waals surface area contributed by atoms with E-state index in [0.29, 0.717) is 11.1 Å². The van der Waals surface area contributed by atoms with Gasteiger partial charge in [0.05, 0.1) is 5.56 Å². The maximum absolute atomic E-state index is 13.6. The average Bonchev–Trinajstić information content (AvgIpc) is 2.74. The fraction of sp³-hybridized carbons (Fsp3) is 0.0714. The lowest BCUT2D eigenvalue weighted by Crippen LogP contribution is -1.86. The highest BCUT2D eigenvalue weighted by atomic mass is 19.1. The van der Waals surface area contributed by atoms with Crippen molar-refractivity contribution in [2.24, 2.45) is 0 Å². The number of rotatable bonds is 1. The lowest BCUT2D eigenvalue weighted by atomic mass is 10.2. The van der Waals surface area contributed by atoms with Crippen molar-refractivity contribution in [3.63, 3.8) is 0 Å². The summed E-state index contributed by atoms with van der Waals surface area (Å²) in [4.78, 5) is 4.17. The summed E-state index contributed by atoms with van der Waals surface area (Å²) < 4.78 is 32.1. The zero-order chi connectivity index (χ0) is 12.7. The molecule has 0 aliphatic heterocycles. The van der Waals surface area contributed by atoms with E-state index in [4.69, 9.17) is 4.42 Å². The molecule has 0 atom stereocenters. The van der Waals surface area contributed by atoms with E-state index < -0.39 is 11.6 Å². The molecule has 0 bridgehead atoms. The van der Waals surface area contributed by atoms with Gasteiger partial charge >= 0.3 is 0 Å². The van der Waals surface area contributed by atoms with Crippen LogP contribution in [0.3, 0.4) is 0 Å². The standard InChI is InChI=1S/C14H9F2NO/c1-8-2-5-13-12(6-8)17-14(18-13)10-7-9(15)3-4-11(10)16/h2-7H,1H3. The van der Waals surface area contributed by atoms with Crippen LogP contribution < -0.4 is 0 Å². The van der Waals surface area contributed by atoms with Gasteiger partial charge in [-0.2, -0.15) is 0 Å². The van der Waals surface area contributed by atoms with Crippen LogP contribution in [0.25, 0.3) is 22.6 Å². The molecule has 0 saturated heterocycles. The van der Waals surface area contributed by atoms with E-state index in [-0.39, 0.29) is 11.5 Å². The van der Waals surface area contributed by atoms with E-state index in [0.717, 1.165) is 23.8 Å². The maximum Gasteiger partial charge on any atom is 0.230 e. The van der Waals surface area contributed by atoms with Crippen LogP contribution in [0.1, 0.15) is 5.56 Å². The molecule has 0 fully saturated rings. The van der Waals surface area contributed by atoms with Gasteiger partial charge in [0.25, 0.3) is 0 Å². The highest BCUT2D eigenvalue weighted by molar-refractivity contribution is 5.76. The number of hydrogen-bond donors (Lipinski definition) is 0. The molecule has 3 rings (SSSR count). The second kappa shape index (κ2) is 3.91. The zero-order valence-corrected chi connectivity index (χ0v) is 9.58. The third-order valence-electron chi connectivity index (χ3n) is 2.70. The molecule has 4 heteroatoms. The van der Waals surface area contributed by atoms with Crippen LogP contribution in [-0.2, 0) is 0 Å². The Morgan fingerprint density at radius 2 is 1.89 bits per heavy atom. The molecule has 0 spiro atoms. The van der Waals surface area contributed by atoms with Crippen LogP contribution in [0, 0.1) is 18.6 Å². The quantitative estimate of drug-likeness (QED) is 0.645. The smallest absolute Gasteiger partial charge is 0.230 e. The Kier molecular flexibility index (Phi) is 2.37. The maximum atomic E-state index is 13.6. The Balaban J connectivity index is 2.22. The van der Waals surface area contributed by atoms with Gasteiger partial charge in [-0.25, -0.2) is 13.8 Å². The second-order valence-corrected chi connectivity index (χ2v) is 4.11. The Morgan fingerprint density at radius 3 is 2.72 bits per heavy atom. The van der Waals surface area contributed by atoms with Gasteiger partial charge < -0.3 is 4.42 Å². The normalized spacial score (nSPS) is 11.1. The summed E-state index contributed by atoms with van der Waals surface area (Å²) in [6.45, 7) is 1.93. The average molecular weight is 245 g/mol. The molecule has 2 aromatic carbocycles. The molecule has 3 aromatic rings. The Hall–Kier alpha value is -2.23. The van der Waals surface area contributed by atoms with E-state index in [1.807, 2.05) is 19.1 Å².